The van der Waals surface area contributed by atoms with Gasteiger partial charge in [0.1, 0.15) is 12.4 Å². The molecule has 29 heavy (non-hydrogen) atoms. The summed E-state index contributed by atoms with van der Waals surface area (Å²) >= 11 is 1.02. The lowest BCUT2D eigenvalue weighted by molar-refractivity contribution is -0.118. The molecule has 152 valence electrons. The minimum Gasteiger partial charge on any atom is -0.492 e. The Morgan fingerprint density at radius 3 is 2.38 bits per heavy atom. The van der Waals surface area contributed by atoms with Gasteiger partial charge in [-0.2, -0.15) is 0 Å². The number of urea groups is 1. The first-order chi connectivity index (χ1) is 13.9. The van der Waals surface area contributed by atoms with Gasteiger partial charge in [-0.15, -0.1) is 0 Å². The number of carbonyl (C=O) groups is 3. The van der Waals surface area contributed by atoms with Crippen LogP contribution in [0.2, 0.25) is 0 Å². The van der Waals surface area contributed by atoms with E-state index >= 15 is 0 Å². The quantitative estimate of drug-likeness (QED) is 0.754. The molecule has 8 heteroatoms. The molecule has 1 atom stereocenters. The number of para-hydroxylation sites is 1. The summed E-state index contributed by atoms with van der Waals surface area (Å²) in [7, 11) is 3.48. The van der Waals surface area contributed by atoms with E-state index in [0.717, 1.165) is 23.0 Å². The summed E-state index contributed by atoms with van der Waals surface area (Å²) in [6.07, 6.45) is 0.492. The Morgan fingerprint density at radius 1 is 1.07 bits per heavy atom. The van der Waals surface area contributed by atoms with Gasteiger partial charge in [-0.25, -0.2) is 4.79 Å². The van der Waals surface area contributed by atoms with Crippen molar-refractivity contribution in [3.8, 4) is 5.75 Å². The van der Waals surface area contributed by atoms with Crippen LogP contribution in [-0.2, 0) is 11.2 Å². The Bertz CT molecular complexity index is 873. The smallest absolute Gasteiger partial charge is 0.324 e. The summed E-state index contributed by atoms with van der Waals surface area (Å²) in [5.41, 5.74) is 1.79. The molecule has 0 bridgehead atoms. The van der Waals surface area contributed by atoms with Gasteiger partial charge in [-0.1, -0.05) is 42.1 Å². The van der Waals surface area contributed by atoms with Crippen molar-refractivity contribution in [2.24, 2.45) is 0 Å². The zero-order chi connectivity index (χ0) is 20.8. The van der Waals surface area contributed by atoms with Crippen LogP contribution in [0.15, 0.2) is 54.6 Å². The van der Waals surface area contributed by atoms with Gasteiger partial charge < -0.3 is 9.64 Å². The largest absolute Gasteiger partial charge is 0.492 e. The number of rotatable bonds is 7. The van der Waals surface area contributed by atoms with Crippen molar-refractivity contribution in [2.75, 3.05) is 32.1 Å². The number of nitrogens with zero attached hydrogens (tertiary/aromatic N) is 2. The number of carbonyl (C=O) groups excluding carboxylic acids is 3. The number of benzene rings is 2. The highest BCUT2D eigenvalue weighted by Gasteiger charge is 2.31. The SMILES string of the molecule is CN(CCOc1ccc(CC2SC(=O)NC2=O)cc1)C(=O)N(C)c1ccccc1. The minimum absolute atomic E-state index is 0.114. The molecule has 0 saturated carbocycles. The number of amides is 4. The van der Waals surface area contributed by atoms with Crippen LogP contribution < -0.4 is 15.0 Å². The average Bonchev–Trinajstić information content (AvgIpc) is 3.05. The molecule has 3 rings (SSSR count). The van der Waals surface area contributed by atoms with Crippen molar-refractivity contribution in [3.05, 3.63) is 60.2 Å². The monoisotopic (exact) mass is 413 g/mol. The Balaban J connectivity index is 1.44. The van der Waals surface area contributed by atoms with Crippen LogP contribution in [0.1, 0.15) is 5.56 Å². The van der Waals surface area contributed by atoms with Gasteiger partial charge >= 0.3 is 6.03 Å². The van der Waals surface area contributed by atoms with Gasteiger partial charge in [0.05, 0.1) is 11.8 Å². The highest BCUT2D eigenvalue weighted by atomic mass is 32.2. The molecule has 0 aliphatic carbocycles. The Hall–Kier alpha value is -3.00. The molecule has 0 radical (unpaired) electrons. The van der Waals surface area contributed by atoms with E-state index < -0.39 is 0 Å². The number of imide groups is 1. The Labute approximate surface area is 174 Å². The fraction of sp³-hybridized carbons (Fsp3) is 0.286. The second-order valence-electron chi connectivity index (χ2n) is 6.68. The van der Waals surface area contributed by atoms with Crippen molar-refractivity contribution >= 4 is 34.6 Å². The van der Waals surface area contributed by atoms with Crippen LogP contribution in [-0.4, -0.2) is 54.6 Å². The second kappa shape index (κ2) is 9.47. The number of nitrogens with one attached hydrogen (secondary N) is 1. The maximum Gasteiger partial charge on any atom is 0.324 e. The summed E-state index contributed by atoms with van der Waals surface area (Å²) < 4.78 is 5.72. The lowest BCUT2D eigenvalue weighted by Crippen LogP contribution is -2.40. The average molecular weight is 413 g/mol. The van der Waals surface area contributed by atoms with E-state index in [-0.39, 0.29) is 22.4 Å². The number of anilines is 1. The van der Waals surface area contributed by atoms with Crippen LogP contribution in [0.3, 0.4) is 0 Å². The number of ether oxygens (including phenoxy) is 1. The standard InChI is InChI=1S/C21H23N3O4S/c1-23(21(27)24(2)16-6-4-3-5-7-16)12-13-28-17-10-8-15(9-11-17)14-18-19(25)22-20(26)29-18/h3-11,18H,12-14H2,1-2H3,(H,22,25,26). The highest BCUT2D eigenvalue weighted by molar-refractivity contribution is 8.15. The summed E-state index contributed by atoms with van der Waals surface area (Å²) in [6, 6.07) is 16.7. The molecular formula is C21H23N3O4S. The molecule has 0 spiro atoms. The first-order valence-corrected chi connectivity index (χ1v) is 10.1. The number of thioether (sulfide) groups is 1. The van der Waals surface area contributed by atoms with E-state index in [1.165, 1.54) is 0 Å². The van der Waals surface area contributed by atoms with Gasteiger partial charge in [0.25, 0.3) is 5.24 Å². The predicted molar refractivity (Wildman–Crippen MR) is 113 cm³/mol. The summed E-state index contributed by atoms with van der Waals surface area (Å²) in [4.78, 5) is 38.6. The van der Waals surface area contributed by atoms with Crippen LogP contribution in [0.25, 0.3) is 0 Å². The maximum absolute atomic E-state index is 12.5. The second-order valence-corrected chi connectivity index (χ2v) is 7.85. The zero-order valence-corrected chi connectivity index (χ0v) is 17.1. The molecule has 1 aliphatic rings. The van der Waals surface area contributed by atoms with Gasteiger partial charge in [0.2, 0.25) is 5.91 Å². The molecule has 2 aromatic carbocycles. The normalized spacial score (nSPS) is 15.7. The number of hydrogen-bond acceptors (Lipinski definition) is 5. The van der Waals surface area contributed by atoms with Gasteiger partial charge in [-0.3, -0.25) is 19.8 Å². The molecule has 1 fully saturated rings. The third-order valence-electron chi connectivity index (χ3n) is 4.56. The van der Waals surface area contributed by atoms with E-state index in [9.17, 15) is 14.4 Å². The molecule has 1 heterocycles. The van der Waals surface area contributed by atoms with Crippen molar-refractivity contribution < 1.29 is 19.1 Å². The van der Waals surface area contributed by atoms with Crippen molar-refractivity contribution in [1.82, 2.24) is 10.2 Å². The molecule has 1 N–H and O–H groups in total. The molecule has 2 aromatic rings. The third-order valence-corrected chi connectivity index (χ3v) is 5.55. The van der Waals surface area contributed by atoms with Crippen LogP contribution in [0, 0.1) is 0 Å². The number of likely N-dealkylation sites (N-methyl/N-ethyl adjacent to an activating group) is 1. The predicted octanol–water partition coefficient (Wildman–Crippen LogP) is 3.15. The first-order valence-electron chi connectivity index (χ1n) is 9.21. The van der Waals surface area contributed by atoms with E-state index in [1.54, 1.807) is 23.9 Å². The maximum atomic E-state index is 12.5. The molecular weight excluding hydrogens is 390 g/mol. The van der Waals surface area contributed by atoms with E-state index in [4.69, 9.17) is 4.74 Å². The van der Waals surface area contributed by atoms with Crippen molar-refractivity contribution in [1.29, 1.82) is 0 Å². The Morgan fingerprint density at radius 2 is 1.76 bits per heavy atom. The lowest BCUT2D eigenvalue weighted by Gasteiger charge is -2.25. The fourth-order valence-electron chi connectivity index (χ4n) is 2.88. The molecule has 1 unspecified atom stereocenters. The van der Waals surface area contributed by atoms with E-state index in [0.29, 0.717) is 25.3 Å². The van der Waals surface area contributed by atoms with Gasteiger partial charge in [-0.05, 0) is 36.2 Å². The van der Waals surface area contributed by atoms with Crippen molar-refractivity contribution in [2.45, 2.75) is 11.7 Å². The van der Waals surface area contributed by atoms with E-state index in [1.807, 2.05) is 54.6 Å². The summed E-state index contributed by atoms with van der Waals surface area (Å²) in [5.74, 6) is 0.444. The molecule has 1 saturated heterocycles. The van der Waals surface area contributed by atoms with Gasteiger partial charge in [0, 0.05) is 19.8 Å². The topological polar surface area (TPSA) is 79.0 Å². The summed E-state index contributed by atoms with van der Waals surface area (Å²) in [6.45, 7) is 0.804. The molecule has 1 aliphatic heterocycles. The third kappa shape index (κ3) is 5.51. The first kappa shape index (κ1) is 20.7. The number of hydrogen-bond donors (Lipinski definition) is 1. The lowest BCUT2D eigenvalue weighted by atomic mass is 10.1. The van der Waals surface area contributed by atoms with Crippen LogP contribution in [0.4, 0.5) is 15.3 Å². The molecule has 4 amide bonds. The summed E-state index contributed by atoms with van der Waals surface area (Å²) in [5, 5.41) is 1.62. The highest BCUT2D eigenvalue weighted by Crippen LogP contribution is 2.24. The Kier molecular flexibility index (Phi) is 6.77. The van der Waals surface area contributed by atoms with Crippen molar-refractivity contribution in [3.63, 3.8) is 0 Å². The molecule has 7 nitrogen and oxygen atoms in total. The fourth-order valence-corrected chi connectivity index (χ4v) is 3.74. The molecule has 0 aromatic heterocycles. The minimum atomic E-state index is -0.379. The zero-order valence-electron chi connectivity index (χ0n) is 16.3. The van der Waals surface area contributed by atoms with Crippen LogP contribution >= 0.6 is 11.8 Å². The van der Waals surface area contributed by atoms with E-state index in [2.05, 4.69) is 5.32 Å². The van der Waals surface area contributed by atoms with Crippen LogP contribution in [0.5, 0.6) is 5.75 Å². The van der Waals surface area contributed by atoms with Gasteiger partial charge in [0.15, 0.2) is 0 Å².